The van der Waals surface area contributed by atoms with Crippen molar-refractivity contribution in [3.05, 3.63) is 42.1 Å². The number of hydrogen-bond donors (Lipinski definition) is 2. The van der Waals surface area contributed by atoms with Crippen LogP contribution >= 0.6 is 0 Å². The predicted molar refractivity (Wildman–Crippen MR) is 83.8 cm³/mol. The second-order valence-electron chi connectivity index (χ2n) is 6.35. The quantitative estimate of drug-likeness (QED) is 0.888. The van der Waals surface area contributed by atoms with E-state index in [2.05, 4.69) is 41.5 Å². The number of nitrogens with zero attached hydrogens (tertiary/aromatic N) is 1. The lowest BCUT2D eigenvalue weighted by Crippen LogP contribution is -2.60. The molecule has 1 aromatic carbocycles. The SMILES string of the molecule is COC1CC(NCc2cn[nH]c2-c2ccccc2)C1(C)C. The summed E-state index contributed by atoms with van der Waals surface area (Å²) in [6.45, 7) is 5.34. The maximum absolute atomic E-state index is 5.50. The van der Waals surface area contributed by atoms with Gasteiger partial charge in [0.2, 0.25) is 0 Å². The average molecular weight is 285 g/mol. The normalized spacial score (nSPS) is 23.8. The predicted octanol–water partition coefficient (Wildman–Crippen LogP) is 2.98. The number of hydrogen-bond acceptors (Lipinski definition) is 3. The Hall–Kier alpha value is -1.65. The topological polar surface area (TPSA) is 49.9 Å². The lowest BCUT2D eigenvalue weighted by Gasteiger charge is -2.51. The Morgan fingerprint density at radius 2 is 2.10 bits per heavy atom. The molecule has 112 valence electrons. The fraction of sp³-hybridized carbons (Fsp3) is 0.471. The van der Waals surface area contributed by atoms with Crippen LogP contribution in [0.4, 0.5) is 0 Å². The van der Waals surface area contributed by atoms with Crippen molar-refractivity contribution in [3.63, 3.8) is 0 Å². The van der Waals surface area contributed by atoms with Crippen molar-refractivity contribution in [2.75, 3.05) is 7.11 Å². The lowest BCUT2D eigenvalue weighted by atomic mass is 9.64. The van der Waals surface area contributed by atoms with Crippen LogP contribution in [0, 0.1) is 5.41 Å². The van der Waals surface area contributed by atoms with Crippen molar-refractivity contribution in [2.24, 2.45) is 5.41 Å². The highest BCUT2D eigenvalue weighted by atomic mass is 16.5. The number of H-pyrrole nitrogens is 1. The smallest absolute Gasteiger partial charge is 0.0695 e. The number of ether oxygens (including phenoxy) is 1. The zero-order valence-electron chi connectivity index (χ0n) is 12.9. The van der Waals surface area contributed by atoms with E-state index < -0.39 is 0 Å². The largest absolute Gasteiger partial charge is 0.381 e. The molecule has 0 aliphatic heterocycles. The molecule has 1 heterocycles. The molecule has 1 aliphatic rings. The minimum absolute atomic E-state index is 0.186. The molecule has 0 bridgehead atoms. The van der Waals surface area contributed by atoms with Crippen LogP contribution in [0.3, 0.4) is 0 Å². The van der Waals surface area contributed by atoms with Gasteiger partial charge in [0.15, 0.2) is 0 Å². The van der Waals surface area contributed by atoms with Gasteiger partial charge in [-0.1, -0.05) is 44.2 Å². The Balaban J connectivity index is 1.67. The summed E-state index contributed by atoms with van der Waals surface area (Å²) in [7, 11) is 1.80. The van der Waals surface area contributed by atoms with E-state index >= 15 is 0 Å². The molecule has 1 fully saturated rings. The van der Waals surface area contributed by atoms with Crippen molar-refractivity contribution >= 4 is 0 Å². The van der Waals surface area contributed by atoms with E-state index in [-0.39, 0.29) is 5.41 Å². The first-order chi connectivity index (χ1) is 10.1. The van der Waals surface area contributed by atoms with Crippen LogP contribution in [-0.4, -0.2) is 29.5 Å². The van der Waals surface area contributed by atoms with Crippen molar-refractivity contribution in [1.82, 2.24) is 15.5 Å². The third-order valence-electron chi connectivity index (χ3n) is 4.78. The van der Waals surface area contributed by atoms with Gasteiger partial charge >= 0.3 is 0 Å². The van der Waals surface area contributed by atoms with Crippen LogP contribution in [0.25, 0.3) is 11.3 Å². The molecule has 2 aromatic rings. The van der Waals surface area contributed by atoms with Gasteiger partial charge in [0, 0.05) is 30.7 Å². The second-order valence-corrected chi connectivity index (χ2v) is 6.35. The molecule has 1 saturated carbocycles. The van der Waals surface area contributed by atoms with Crippen LogP contribution in [0.2, 0.25) is 0 Å². The molecule has 2 atom stereocenters. The number of nitrogens with one attached hydrogen (secondary N) is 2. The summed E-state index contributed by atoms with van der Waals surface area (Å²) in [5, 5.41) is 11.0. The molecule has 0 saturated heterocycles. The van der Waals surface area contributed by atoms with Gasteiger partial charge in [-0.05, 0) is 12.0 Å². The minimum Gasteiger partial charge on any atom is -0.381 e. The van der Waals surface area contributed by atoms with E-state index in [0.717, 1.165) is 18.7 Å². The number of rotatable bonds is 5. The van der Waals surface area contributed by atoms with Crippen LogP contribution in [0.15, 0.2) is 36.5 Å². The van der Waals surface area contributed by atoms with Gasteiger partial charge in [0.1, 0.15) is 0 Å². The van der Waals surface area contributed by atoms with E-state index in [9.17, 15) is 0 Å². The molecule has 4 heteroatoms. The summed E-state index contributed by atoms with van der Waals surface area (Å²) >= 11 is 0. The Kier molecular flexibility index (Phi) is 3.83. The summed E-state index contributed by atoms with van der Waals surface area (Å²) in [4.78, 5) is 0. The zero-order valence-corrected chi connectivity index (χ0v) is 12.9. The van der Waals surface area contributed by atoms with Crippen LogP contribution in [0.5, 0.6) is 0 Å². The molecule has 2 N–H and O–H groups in total. The Morgan fingerprint density at radius 3 is 2.76 bits per heavy atom. The van der Waals surface area contributed by atoms with Gasteiger partial charge < -0.3 is 10.1 Å². The van der Waals surface area contributed by atoms with Gasteiger partial charge in [0.05, 0.1) is 18.0 Å². The third-order valence-corrected chi connectivity index (χ3v) is 4.78. The molecule has 1 aliphatic carbocycles. The zero-order chi connectivity index (χ0) is 14.9. The molecular weight excluding hydrogens is 262 g/mol. The van der Waals surface area contributed by atoms with Crippen molar-refractivity contribution < 1.29 is 4.74 Å². The second kappa shape index (κ2) is 5.62. The molecule has 0 radical (unpaired) electrons. The summed E-state index contributed by atoms with van der Waals surface area (Å²) < 4.78 is 5.50. The van der Waals surface area contributed by atoms with Crippen molar-refractivity contribution in [1.29, 1.82) is 0 Å². The average Bonchev–Trinajstić information content (AvgIpc) is 2.95. The fourth-order valence-electron chi connectivity index (χ4n) is 3.16. The van der Waals surface area contributed by atoms with Crippen molar-refractivity contribution in [3.8, 4) is 11.3 Å². The molecular formula is C17H23N3O. The van der Waals surface area contributed by atoms with Gasteiger partial charge in [0.25, 0.3) is 0 Å². The van der Waals surface area contributed by atoms with Gasteiger partial charge in [-0.3, -0.25) is 5.10 Å². The fourth-order valence-corrected chi connectivity index (χ4v) is 3.16. The molecule has 0 amide bonds. The van der Waals surface area contributed by atoms with Gasteiger partial charge in [-0.25, -0.2) is 0 Å². The lowest BCUT2D eigenvalue weighted by molar-refractivity contribution is -0.0978. The molecule has 1 aromatic heterocycles. The first-order valence-corrected chi connectivity index (χ1v) is 7.46. The van der Waals surface area contributed by atoms with E-state index in [0.29, 0.717) is 12.1 Å². The van der Waals surface area contributed by atoms with Gasteiger partial charge in [-0.2, -0.15) is 5.10 Å². The standard InChI is InChI=1S/C17H23N3O/c1-17(2)14(9-15(17)21-3)18-10-13-11-19-20-16(13)12-7-5-4-6-8-12/h4-8,11,14-15,18H,9-10H2,1-3H3,(H,19,20). The number of methoxy groups -OCH3 is 1. The first-order valence-electron chi connectivity index (χ1n) is 7.46. The van der Waals surface area contributed by atoms with Gasteiger partial charge in [-0.15, -0.1) is 0 Å². The maximum Gasteiger partial charge on any atom is 0.0695 e. The molecule has 3 rings (SSSR count). The molecule has 4 nitrogen and oxygen atoms in total. The Bertz CT molecular complexity index is 591. The van der Waals surface area contributed by atoms with Crippen molar-refractivity contribution in [2.45, 2.75) is 39.0 Å². The van der Waals surface area contributed by atoms with E-state index in [1.54, 1.807) is 7.11 Å². The number of aromatic amines is 1. The maximum atomic E-state index is 5.50. The Labute approximate surface area is 125 Å². The highest BCUT2D eigenvalue weighted by Gasteiger charge is 2.48. The molecule has 0 spiro atoms. The van der Waals surface area contributed by atoms with E-state index in [1.165, 1.54) is 11.1 Å². The monoisotopic (exact) mass is 285 g/mol. The summed E-state index contributed by atoms with van der Waals surface area (Å²) in [5.41, 5.74) is 3.67. The number of aromatic nitrogens is 2. The highest BCUT2D eigenvalue weighted by molar-refractivity contribution is 5.62. The van der Waals surface area contributed by atoms with E-state index in [1.807, 2.05) is 24.4 Å². The minimum atomic E-state index is 0.186. The first kappa shape index (κ1) is 14.3. The number of benzene rings is 1. The Morgan fingerprint density at radius 1 is 1.33 bits per heavy atom. The third kappa shape index (κ3) is 2.61. The summed E-state index contributed by atoms with van der Waals surface area (Å²) in [5.74, 6) is 0. The van der Waals surface area contributed by atoms with Crippen LogP contribution in [-0.2, 0) is 11.3 Å². The van der Waals surface area contributed by atoms with E-state index in [4.69, 9.17) is 4.74 Å². The molecule has 2 unspecified atom stereocenters. The highest BCUT2D eigenvalue weighted by Crippen LogP contribution is 2.42. The summed E-state index contributed by atoms with van der Waals surface area (Å²) in [6.07, 6.45) is 3.34. The summed E-state index contributed by atoms with van der Waals surface area (Å²) in [6, 6.07) is 10.8. The molecule has 21 heavy (non-hydrogen) atoms. The van der Waals surface area contributed by atoms with Crippen LogP contribution < -0.4 is 5.32 Å². The van der Waals surface area contributed by atoms with Crippen LogP contribution in [0.1, 0.15) is 25.8 Å².